The Morgan fingerprint density at radius 3 is 2.43 bits per heavy atom. The molecule has 23 heavy (non-hydrogen) atoms. The van der Waals surface area contributed by atoms with Crippen molar-refractivity contribution in [3.8, 4) is 0 Å². The van der Waals surface area contributed by atoms with Crippen LogP contribution in [0.5, 0.6) is 0 Å². The first-order valence-electron chi connectivity index (χ1n) is 7.24. The third kappa shape index (κ3) is 4.01. The van der Waals surface area contributed by atoms with Crippen LogP contribution in [0, 0.1) is 12.8 Å². The first kappa shape index (κ1) is 17.7. The van der Waals surface area contributed by atoms with Gasteiger partial charge in [0.25, 0.3) is 5.91 Å². The molecular formula is C14H17F3N2O3S. The van der Waals surface area contributed by atoms with Crippen molar-refractivity contribution in [3.63, 3.8) is 0 Å². The minimum Gasteiger partial charge on any atom is -0.466 e. The number of halogens is 3. The van der Waals surface area contributed by atoms with Crippen molar-refractivity contribution in [1.29, 1.82) is 0 Å². The fraction of sp³-hybridized carbons (Fsp3) is 0.643. The molecule has 9 heteroatoms. The zero-order valence-corrected chi connectivity index (χ0v) is 13.6. The van der Waals surface area contributed by atoms with Crippen LogP contribution in [0.2, 0.25) is 0 Å². The number of piperidine rings is 1. The summed E-state index contributed by atoms with van der Waals surface area (Å²) >= 11 is 0.364. The van der Waals surface area contributed by atoms with Crippen molar-refractivity contribution in [2.45, 2.75) is 32.9 Å². The molecule has 0 N–H and O–H groups in total. The van der Waals surface area contributed by atoms with Gasteiger partial charge in [-0.2, -0.15) is 13.2 Å². The molecule has 1 aliphatic rings. The number of aryl methyl sites for hydroxylation is 1. The highest BCUT2D eigenvalue weighted by atomic mass is 32.1. The summed E-state index contributed by atoms with van der Waals surface area (Å²) in [7, 11) is 0. The molecule has 0 saturated carbocycles. The van der Waals surface area contributed by atoms with E-state index in [0.717, 1.165) is 0 Å². The molecular weight excluding hydrogens is 333 g/mol. The first-order valence-corrected chi connectivity index (χ1v) is 8.06. The van der Waals surface area contributed by atoms with Gasteiger partial charge in [0.15, 0.2) is 5.01 Å². The number of alkyl halides is 3. The van der Waals surface area contributed by atoms with E-state index in [4.69, 9.17) is 4.74 Å². The standard InChI is InChI=1S/C14H17F3N2O3S/c1-3-22-12(21)9-4-6-19(7-5-9)11(20)10-8(2)18-13(23-10)14(15,16)17/h9H,3-7H2,1-2H3. The summed E-state index contributed by atoms with van der Waals surface area (Å²) < 4.78 is 43.0. The van der Waals surface area contributed by atoms with Gasteiger partial charge in [-0.3, -0.25) is 9.59 Å². The van der Waals surface area contributed by atoms with E-state index in [9.17, 15) is 22.8 Å². The number of hydrogen-bond donors (Lipinski definition) is 0. The van der Waals surface area contributed by atoms with Gasteiger partial charge in [0.05, 0.1) is 18.2 Å². The Bertz CT molecular complexity index is 593. The van der Waals surface area contributed by atoms with Crippen LogP contribution in [0.3, 0.4) is 0 Å². The van der Waals surface area contributed by atoms with E-state index in [0.29, 0.717) is 43.9 Å². The molecule has 0 aliphatic carbocycles. The van der Waals surface area contributed by atoms with Crippen molar-refractivity contribution >= 4 is 23.2 Å². The molecule has 0 atom stereocenters. The van der Waals surface area contributed by atoms with Crippen LogP contribution < -0.4 is 0 Å². The average Bonchev–Trinajstić information content (AvgIpc) is 2.89. The fourth-order valence-corrected chi connectivity index (χ4v) is 3.34. The van der Waals surface area contributed by atoms with Gasteiger partial charge in [-0.25, -0.2) is 4.98 Å². The molecule has 1 aromatic rings. The maximum absolute atomic E-state index is 12.7. The molecule has 0 spiro atoms. The van der Waals surface area contributed by atoms with Gasteiger partial charge in [-0.05, 0) is 26.7 Å². The van der Waals surface area contributed by atoms with Crippen LogP contribution in [0.25, 0.3) is 0 Å². The van der Waals surface area contributed by atoms with Crippen molar-refractivity contribution in [2.75, 3.05) is 19.7 Å². The molecule has 0 aromatic carbocycles. The summed E-state index contributed by atoms with van der Waals surface area (Å²) in [5, 5.41) is -1.01. The molecule has 2 rings (SSSR count). The minimum atomic E-state index is -4.55. The van der Waals surface area contributed by atoms with Gasteiger partial charge in [0.2, 0.25) is 0 Å². The molecule has 1 aromatic heterocycles. The Morgan fingerprint density at radius 1 is 1.35 bits per heavy atom. The normalized spacial score (nSPS) is 16.5. The molecule has 1 saturated heterocycles. The average molecular weight is 350 g/mol. The number of likely N-dealkylation sites (tertiary alicyclic amines) is 1. The van der Waals surface area contributed by atoms with E-state index in [-0.39, 0.29) is 22.5 Å². The number of carbonyl (C=O) groups is 2. The quantitative estimate of drug-likeness (QED) is 0.787. The fourth-order valence-electron chi connectivity index (χ4n) is 2.44. The maximum Gasteiger partial charge on any atom is 0.443 e. The van der Waals surface area contributed by atoms with Gasteiger partial charge in [0.1, 0.15) is 4.88 Å². The summed E-state index contributed by atoms with van der Waals surface area (Å²) in [4.78, 5) is 28.9. The maximum atomic E-state index is 12.7. The SMILES string of the molecule is CCOC(=O)C1CCN(C(=O)c2sc(C(F)(F)F)nc2C)CC1. The predicted molar refractivity (Wildman–Crippen MR) is 77.1 cm³/mol. The van der Waals surface area contributed by atoms with Crippen LogP contribution in [0.4, 0.5) is 13.2 Å². The van der Waals surface area contributed by atoms with Crippen LogP contribution in [0.15, 0.2) is 0 Å². The molecule has 1 amide bonds. The van der Waals surface area contributed by atoms with Crippen LogP contribution in [0.1, 0.15) is 40.1 Å². The Labute approximate surface area is 135 Å². The molecule has 5 nitrogen and oxygen atoms in total. The van der Waals surface area contributed by atoms with Crippen molar-refractivity contribution in [1.82, 2.24) is 9.88 Å². The second kappa shape index (κ2) is 6.86. The zero-order chi connectivity index (χ0) is 17.2. The molecule has 0 radical (unpaired) electrons. The highest BCUT2D eigenvalue weighted by Gasteiger charge is 2.37. The van der Waals surface area contributed by atoms with Crippen molar-refractivity contribution in [2.24, 2.45) is 5.92 Å². The number of carbonyl (C=O) groups excluding carboxylic acids is 2. The molecule has 2 heterocycles. The summed E-state index contributed by atoms with van der Waals surface area (Å²) in [6.07, 6.45) is -3.64. The van der Waals surface area contributed by atoms with Crippen LogP contribution >= 0.6 is 11.3 Å². The monoisotopic (exact) mass is 350 g/mol. The Kier molecular flexibility index (Phi) is 5.28. The van der Waals surface area contributed by atoms with E-state index in [1.807, 2.05) is 0 Å². The molecule has 128 valence electrons. The van der Waals surface area contributed by atoms with Gasteiger partial charge in [0, 0.05) is 13.1 Å². The van der Waals surface area contributed by atoms with Crippen molar-refractivity contribution in [3.05, 3.63) is 15.6 Å². The molecule has 1 fully saturated rings. The summed E-state index contributed by atoms with van der Waals surface area (Å²) in [5.74, 6) is -1.00. The van der Waals surface area contributed by atoms with E-state index >= 15 is 0 Å². The van der Waals surface area contributed by atoms with Crippen LogP contribution in [-0.2, 0) is 15.7 Å². The molecule has 0 unspecified atom stereocenters. The molecule has 0 bridgehead atoms. The van der Waals surface area contributed by atoms with E-state index < -0.39 is 17.1 Å². The zero-order valence-electron chi connectivity index (χ0n) is 12.8. The third-order valence-corrected chi connectivity index (χ3v) is 4.83. The lowest BCUT2D eigenvalue weighted by molar-refractivity contribution is -0.149. The first-order chi connectivity index (χ1) is 10.7. The lowest BCUT2D eigenvalue weighted by Gasteiger charge is -2.30. The number of aromatic nitrogens is 1. The Balaban J connectivity index is 2.03. The number of hydrogen-bond acceptors (Lipinski definition) is 5. The summed E-state index contributed by atoms with van der Waals surface area (Å²) in [6.45, 7) is 4.06. The highest BCUT2D eigenvalue weighted by Crippen LogP contribution is 2.35. The predicted octanol–water partition coefficient (Wildman–Crippen LogP) is 2.89. The van der Waals surface area contributed by atoms with E-state index in [1.54, 1.807) is 6.92 Å². The number of nitrogens with zero attached hydrogens (tertiary/aromatic N) is 2. The highest BCUT2D eigenvalue weighted by molar-refractivity contribution is 7.13. The van der Waals surface area contributed by atoms with Gasteiger partial charge < -0.3 is 9.64 Å². The van der Waals surface area contributed by atoms with Gasteiger partial charge in [-0.1, -0.05) is 0 Å². The Morgan fingerprint density at radius 2 is 1.96 bits per heavy atom. The summed E-state index contributed by atoms with van der Waals surface area (Å²) in [5.41, 5.74) is 0.0832. The molecule has 1 aliphatic heterocycles. The van der Waals surface area contributed by atoms with Crippen molar-refractivity contribution < 1.29 is 27.5 Å². The van der Waals surface area contributed by atoms with Gasteiger partial charge >= 0.3 is 12.1 Å². The number of amides is 1. The second-order valence-electron chi connectivity index (χ2n) is 5.25. The minimum absolute atomic E-state index is 0.00640. The van der Waals surface area contributed by atoms with E-state index in [1.165, 1.54) is 11.8 Å². The number of ether oxygens (including phenoxy) is 1. The Hall–Kier alpha value is -1.64. The number of thiazole rings is 1. The number of esters is 1. The van der Waals surface area contributed by atoms with Crippen LogP contribution in [-0.4, -0.2) is 41.5 Å². The van der Waals surface area contributed by atoms with E-state index in [2.05, 4.69) is 4.98 Å². The lowest BCUT2D eigenvalue weighted by Crippen LogP contribution is -2.40. The summed E-state index contributed by atoms with van der Waals surface area (Å²) in [6, 6.07) is 0. The second-order valence-corrected chi connectivity index (χ2v) is 6.25. The smallest absolute Gasteiger partial charge is 0.443 e. The topological polar surface area (TPSA) is 59.5 Å². The lowest BCUT2D eigenvalue weighted by atomic mass is 9.97. The number of rotatable bonds is 3. The third-order valence-electron chi connectivity index (χ3n) is 3.64. The largest absolute Gasteiger partial charge is 0.466 e. The van der Waals surface area contributed by atoms with Gasteiger partial charge in [-0.15, -0.1) is 11.3 Å².